The Kier molecular flexibility index (Phi) is 4.28. The lowest BCUT2D eigenvalue weighted by Crippen LogP contribution is -2.32. The SMILES string of the molecule is Cc1c(O)c2ccccc2c2c1sc(NCCCN(C)C)[n+]2O. The van der Waals surface area contributed by atoms with Gasteiger partial charge in [-0.15, -0.1) is 0 Å². The van der Waals surface area contributed by atoms with Gasteiger partial charge in [-0.1, -0.05) is 18.2 Å². The van der Waals surface area contributed by atoms with Crippen LogP contribution in [0.25, 0.3) is 21.0 Å². The first-order valence-electron chi connectivity index (χ1n) is 7.67. The maximum atomic E-state index is 10.6. The zero-order chi connectivity index (χ0) is 16.6. The van der Waals surface area contributed by atoms with Crippen molar-refractivity contribution in [3.05, 3.63) is 29.8 Å². The monoisotopic (exact) mass is 332 g/mol. The second-order valence-electron chi connectivity index (χ2n) is 6.00. The molecule has 3 N–H and O–H groups in total. The topological polar surface area (TPSA) is 59.6 Å². The normalized spacial score (nSPS) is 11.7. The van der Waals surface area contributed by atoms with Crippen LogP contribution in [0.4, 0.5) is 5.13 Å². The van der Waals surface area contributed by atoms with Crippen molar-refractivity contribution in [1.82, 2.24) is 4.90 Å². The van der Waals surface area contributed by atoms with Crippen molar-refractivity contribution < 1.29 is 15.0 Å². The van der Waals surface area contributed by atoms with E-state index in [0.29, 0.717) is 5.13 Å². The van der Waals surface area contributed by atoms with Crippen LogP contribution in [0.1, 0.15) is 12.0 Å². The van der Waals surface area contributed by atoms with Crippen LogP contribution in [-0.2, 0) is 0 Å². The molecule has 0 unspecified atom stereocenters. The fraction of sp³-hybridized carbons (Fsp3) is 0.353. The molecule has 0 atom stereocenters. The van der Waals surface area contributed by atoms with Gasteiger partial charge in [-0.05, 0) is 49.6 Å². The van der Waals surface area contributed by atoms with E-state index in [1.807, 2.05) is 45.3 Å². The molecule has 6 heteroatoms. The number of phenolic OH excluding ortho intramolecular Hbond substituents is 1. The van der Waals surface area contributed by atoms with Gasteiger partial charge in [-0.2, -0.15) is 0 Å². The summed E-state index contributed by atoms with van der Waals surface area (Å²) in [7, 11) is 4.09. The minimum atomic E-state index is 0.286. The summed E-state index contributed by atoms with van der Waals surface area (Å²) in [6.07, 6.45) is 0.992. The molecule has 0 radical (unpaired) electrons. The molecule has 2 aromatic carbocycles. The number of hydrogen-bond acceptors (Lipinski definition) is 5. The minimum Gasteiger partial charge on any atom is -0.507 e. The summed E-state index contributed by atoms with van der Waals surface area (Å²) >= 11 is 1.47. The average molecular weight is 332 g/mol. The molecule has 0 aliphatic carbocycles. The molecular weight excluding hydrogens is 310 g/mol. The third kappa shape index (κ3) is 2.80. The van der Waals surface area contributed by atoms with Gasteiger partial charge in [0.05, 0.1) is 11.2 Å². The molecule has 1 heterocycles. The molecule has 23 heavy (non-hydrogen) atoms. The number of nitrogens with zero attached hydrogens (tertiary/aromatic N) is 2. The number of fused-ring (bicyclic) bond motifs is 3. The van der Waals surface area contributed by atoms with Gasteiger partial charge < -0.3 is 15.2 Å². The Hall–Kier alpha value is -2.05. The van der Waals surface area contributed by atoms with E-state index in [9.17, 15) is 10.3 Å². The Morgan fingerprint density at radius 1 is 1.22 bits per heavy atom. The number of hydrogen-bond donors (Lipinski definition) is 3. The van der Waals surface area contributed by atoms with Crippen LogP contribution in [-0.4, -0.2) is 42.4 Å². The molecule has 0 amide bonds. The van der Waals surface area contributed by atoms with Gasteiger partial charge in [-0.3, -0.25) is 5.32 Å². The van der Waals surface area contributed by atoms with Crippen molar-refractivity contribution in [3.8, 4) is 5.75 Å². The summed E-state index contributed by atoms with van der Waals surface area (Å²) in [6.45, 7) is 3.66. The van der Waals surface area contributed by atoms with Crippen LogP contribution in [0.2, 0.25) is 0 Å². The average Bonchev–Trinajstić information content (AvgIpc) is 2.86. The number of benzene rings is 2. The van der Waals surface area contributed by atoms with Crippen molar-refractivity contribution >= 4 is 37.5 Å². The van der Waals surface area contributed by atoms with Gasteiger partial charge in [0.15, 0.2) is 5.52 Å². The van der Waals surface area contributed by atoms with Gasteiger partial charge >= 0.3 is 5.13 Å². The third-order valence-corrected chi connectivity index (χ3v) is 5.22. The van der Waals surface area contributed by atoms with E-state index >= 15 is 0 Å². The van der Waals surface area contributed by atoms with Gasteiger partial charge in [0.25, 0.3) is 0 Å². The lowest BCUT2D eigenvalue weighted by molar-refractivity contribution is -0.870. The lowest BCUT2D eigenvalue weighted by atomic mass is 10.0. The maximum Gasteiger partial charge on any atom is 0.374 e. The first-order valence-corrected chi connectivity index (χ1v) is 8.49. The number of aromatic nitrogens is 1. The summed E-state index contributed by atoms with van der Waals surface area (Å²) in [6, 6.07) is 7.60. The fourth-order valence-corrected chi connectivity index (χ4v) is 3.87. The first kappa shape index (κ1) is 15.8. The van der Waals surface area contributed by atoms with Crippen LogP contribution in [0.15, 0.2) is 24.3 Å². The van der Waals surface area contributed by atoms with Crippen molar-refractivity contribution in [3.63, 3.8) is 0 Å². The molecule has 1 aromatic heterocycles. The predicted molar refractivity (Wildman–Crippen MR) is 94.8 cm³/mol. The number of thiazole rings is 1. The molecule has 122 valence electrons. The molecule has 0 bridgehead atoms. The molecule has 0 saturated heterocycles. The van der Waals surface area contributed by atoms with Gasteiger partial charge in [0, 0.05) is 22.9 Å². The molecule has 0 saturated carbocycles. The number of anilines is 1. The van der Waals surface area contributed by atoms with Crippen molar-refractivity contribution in [1.29, 1.82) is 0 Å². The Bertz CT molecular complexity index is 858. The smallest absolute Gasteiger partial charge is 0.374 e. The van der Waals surface area contributed by atoms with Crippen LogP contribution in [0.5, 0.6) is 5.75 Å². The van der Waals surface area contributed by atoms with E-state index in [1.54, 1.807) is 0 Å². The second kappa shape index (κ2) is 6.22. The van der Waals surface area contributed by atoms with Crippen LogP contribution in [0.3, 0.4) is 0 Å². The predicted octanol–water partition coefficient (Wildman–Crippen LogP) is 2.96. The Morgan fingerprint density at radius 3 is 2.61 bits per heavy atom. The molecule has 0 spiro atoms. The van der Waals surface area contributed by atoms with E-state index < -0.39 is 0 Å². The molecule has 3 rings (SSSR count). The Balaban J connectivity index is 2.04. The molecule has 0 aliphatic heterocycles. The summed E-state index contributed by atoms with van der Waals surface area (Å²) < 4.78 is 2.11. The van der Waals surface area contributed by atoms with Crippen molar-refractivity contribution in [2.45, 2.75) is 13.3 Å². The standard InChI is InChI=1S/C17H21N3O2S/c1-11-15(21)13-8-5-4-7-12(13)14-16(11)23-17(20(14)22)18-9-6-10-19(2)3/h4-5,7-8,21-22H,6,9-10H2,1-3H3/p+1. The zero-order valence-electron chi connectivity index (χ0n) is 13.6. The molecule has 3 aromatic rings. The highest BCUT2D eigenvalue weighted by Gasteiger charge is 2.24. The first-order chi connectivity index (χ1) is 11.0. The van der Waals surface area contributed by atoms with E-state index in [-0.39, 0.29) is 5.75 Å². The van der Waals surface area contributed by atoms with Gasteiger partial charge in [0.1, 0.15) is 5.75 Å². The Labute approximate surface area is 139 Å². The third-order valence-electron chi connectivity index (χ3n) is 4.01. The summed E-state index contributed by atoms with van der Waals surface area (Å²) in [4.78, 5) is 2.13. The van der Waals surface area contributed by atoms with Crippen LogP contribution in [0, 0.1) is 6.92 Å². The Morgan fingerprint density at radius 2 is 1.91 bits per heavy atom. The number of rotatable bonds is 5. The van der Waals surface area contributed by atoms with E-state index in [4.69, 9.17) is 0 Å². The minimum absolute atomic E-state index is 0.286. The molecule has 0 fully saturated rings. The maximum absolute atomic E-state index is 10.6. The van der Waals surface area contributed by atoms with E-state index in [0.717, 1.165) is 46.1 Å². The summed E-state index contributed by atoms with van der Waals surface area (Å²) in [5, 5.41) is 26.6. The quantitative estimate of drug-likeness (QED) is 0.382. The highest BCUT2D eigenvalue weighted by Crippen LogP contribution is 2.39. The number of aromatic hydroxyl groups is 1. The number of phenols is 1. The summed E-state index contributed by atoms with van der Waals surface area (Å²) in [5.74, 6) is 0.286. The van der Waals surface area contributed by atoms with E-state index in [2.05, 4.69) is 10.2 Å². The van der Waals surface area contributed by atoms with Crippen molar-refractivity contribution in [2.24, 2.45) is 0 Å². The van der Waals surface area contributed by atoms with E-state index in [1.165, 1.54) is 16.1 Å². The highest BCUT2D eigenvalue weighted by molar-refractivity contribution is 7.22. The van der Waals surface area contributed by atoms with Gasteiger partial charge in [-0.25, -0.2) is 0 Å². The largest absolute Gasteiger partial charge is 0.507 e. The molecule has 0 aliphatic rings. The van der Waals surface area contributed by atoms with Crippen LogP contribution < -0.4 is 10.0 Å². The summed E-state index contributed by atoms with van der Waals surface area (Å²) in [5.41, 5.74) is 1.55. The zero-order valence-corrected chi connectivity index (χ0v) is 14.4. The van der Waals surface area contributed by atoms with Crippen LogP contribution >= 0.6 is 11.3 Å². The highest BCUT2D eigenvalue weighted by atomic mass is 32.1. The molecular formula is C17H22N3O2S+. The lowest BCUT2D eigenvalue weighted by Gasteiger charge is -2.07. The molecule has 5 nitrogen and oxygen atoms in total. The fourth-order valence-electron chi connectivity index (χ4n) is 2.78. The number of aryl methyl sites for hydroxylation is 1. The second-order valence-corrected chi connectivity index (χ2v) is 7.00. The number of nitrogens with one attached hydrogen (secondary N) is 1. The van der Waals surface area contributed by atoms with Gasteiger partial charge in [0.2, 0.25) is 0 Å². The van der Waals surface area contributed by atoms with Crippen molar-refractivity contribution in [2.75, 3.05) is 32.5 Å².